The number of sulfonamides is 1. The summed E-state index contributed by atoms with van der Waals surface area (Å²) in [4.78, 5) is 23.7. The predicted octanol–water partition coefficient (Wildman–Crippen LogP) is 0.848. The fourth-order valence-electron chi connectivity index (χ4n) is 3.48. The van der Waals surface area contributed by atoms with E-state index in [1.807, 2.05) is 0 Å². The minimum absolute atomic E-state index is 0.139. The summed E-state index contributed by atoms with van der Waals surface area (Å²) in [6, 6.07) is 5.06. The maximum absolute atomic E-state index is 13.0. The third kappa shape index (κ3) is 5.59. The van der Waals surface area contributed by atoms with Gasteiger partial charge in [0.05, 0.1) is 32.8 Å². The maximum atomic E-state index is 13.0. The molecule has 4 heterocycles. The smallest absolute Gasteiger partial charge is 0.300 e. The zero-order valence-corrected chi connectivity index (χ0v) is 19.2. The van der Waals surface area contributed by atoms with Gasteiger partial charge in [0.2, 0.25) is 21.7 Å². The number of fused-ring (bicyclic) bond motifs is 1. The number of rotatable bonds is 8. The van der Waals surface area contributed by atoms with Gasteiger partial charge in [0.1, 0.15) is 17.9 Å². The summed E-state index contributed by atoms with van der Waals surface area (Å²) in [5.74, 6) is 0.296. The van der Waals surface area contributed by atoms with Crippen LogP contribution in [0, 0.1) is 0 Å². The molecule has 0 radical (unpaired) electrons. The van der Waals surface area contributed by atoms with Crippen LogP contribution in [0.25, 0.3) is 16.8 Å². The molecule has 3 aromatic rings. The Morgan fingerprint density at radius 2 is 1.94 bits per heavy atom. The summed E-state index contributed by atoms with van der Waals surface area (Å²) >= 11 is 0. The van der Waals surface area contributed by atoms with E-state index in [2.05, 4.69) is 19.6 Å². The first-order chi connectivity index (χ1) is 15.8. The molecule has 176 valence electrons. The van der Waals surface area contributed by atoms with Crippen LogP contribution in [-0.4, -0.2) is 80.5 Å². The molecule has 1 N–H and O–H groups in total. The summed E-state index contributed by atoms with van der Waals surface area (Å²) in [6.45, 7) is 4.14. The molecule has 1 fully saturated rings. The van der Waals surface area contributed by atoms with Crippen molar-refractivity contribution in [2.24, 2.45) is 0 Å². The van der Waals surface area contributed by atoms with Gasteiger partial charge >= 0.3 is 0 Å². The second-order valence-corrected chi connectivity index (χ2v) is 9.28. The van der Waals surface area contributed by atoms with E-state index in [0.717, 1.165) is 19.3 Å². The van der Waals surface area contributed by atoms with Crippen molar-refractivity contribution in [3.63, 3.8) is 0 Å². The van der Waals surface area contributed by atoms with Gasteiger partial charge in [0.25, 0.3) is 5.56 Å². The number of methoxy groups -OCH3 is 1. The first-order valence-electron chi connectivity index (χ1n) is 10.3. The molecule has 3 aromatic heterocycles. The van der Waals surface area contributed by atoms with Crippen molar-refractivity contribution >= 4 is 21.4 Å². The molecule has 11 nitrogen and oxygen atoms in total. The average molecular weight is 476 g/mol. The Balaban J connectivity index is 1.60. The van der Waals surface area contributed by atoms with Gasteiger partial charge in [-0.15, -0.1) is 0 Å². The van der Waals surface area contributed by atoms with Crippen LogP contribution in [0.3, 0.4) is 0 Å². The Labute approximate surface area is 191 Å². The molecule has 0 aliphatic carbocycles. The monoisotopic (exact) mass is 475 g/mol. The molecule has 0 amide bonds. The molecule has 0 bridgehead atoms. The maximum Gasteiger partial charge on any atom is 0.300 e. The van der Waals surface area contributed by atoms with Crippen LogP contribution < -0.4 is 19.8 Å². The zero-order valence-electron chi connectivity index (χ0n) is 18.4. The van der Waals surface area contributed by atoms with Gasteiger partial charge in [-0.1, -0.05) is 0 Å². The minimum atomic E-state index is -3.54. The number of pyridine rings is 2. The number of morpholine rings is 1. The lowest BCUT2D eigenvalue weighted by molar-refractivity contribution is 0.0321. The van der Waals surface area contributed by atoms with Gasteiger partial charge in [-0.2, -0.15) is 0 Å². The van der Waals surface area contributed by atoms with Gasteiger partial charge < -0.3 is 14.2 Å². The molecule has 0 unspecified atom stereocenters. The van der Waals surface area contributed by atoms with Crippen molar-refractivity contribution < 1.29 is 22.6 Å². The SMILES string of the molecule is COc1ncc(-c2ccc3ncc(OCCN4CCOCC4)c(=O)n3c2)cc1NS(C)(=O)=O. The van der Waals surface area contributed by atoms with E-state index in [1.54, 1.807) is 24.4 Å². The molecule has 1 saturated heterocycles. The van der Waals surface area contributed by atoms with Crippen LogP contribution in [0.15, 0.2) is 41.6 Å². The number of hydrogen-bond acceptors (Lipinski definition) is 9. The first kappa shape index (κ1) is 23.0. The summed E-state index contributed by atoms with van der Waals surface area (Å²) in [5.41, 5.74) is 1.56. The van der Waals surface area contributed by atoms with Gasteiger partial charge in [-0.25, -0.2) is 18.4 Å². The third-order valence-electron chi connectivity index (χ3n) is 5.11. The van der Waals surface area contributed by atoms with Crippen molar-refractivity contribution in [3.8, 4) is 22.8 Å². The van der Waals surface area contributed by atoms with Crippen LogP contribution in [0.4, 0.5) is 5.69 Å². The number of aromatic nitrogens is 3. The number of nitrogens with one attached hydrogen (secondary N) is 1. The topological polar surface area (TPSA) is 124 Å². The number of nitrogens with zero attached hydrogens (tertiary/aromatic N) is 4. The standard InChI is InChI=1S/C21H25N5O6S/c1-30-20-17(24-33(2,28)29)11-16(12-23-20)15-3-4-19-22-13-18(21(27)26(19)14-15)32-10-7-25-5-8-31-9-6-25/h3-4,11-14,24H,5-10H2,1-2H3. The molecule has 33 heavy (non-hydrogen) atoms. The van der Waals surface area contributed by atoms with Crippen molar-refractivity contribution in [3.05, 3.63) is 47.1 Å². The minimum Gasteiger partial charge on any atom is -0.485 e. The molecule has 0 saturated carbocycles. The Bertz CT molecular complexity index is 1300. The third-order valence-corrected chi connectivity index (χ3v) is 5.70. The summed E-state index contributed by atoms with van der Waals surface area (Å²) < 4.78 is 43.4. The van der Waals surface area contributed by atoms with E-state index in [9.17, 15) is 13.2 Å². The van der Waals surface area contributed by atoms with E-state index in [0.29, 0.717) is 43.1 Å². The zero-order chi connectivity index (χ0) is 23.4. The number of ether oxygens (including phenoxy) is 3. The molecular formula is C21H25N5O6S. The average Bonchev–Trinajstić information content (AvgIpc) is 2.80. The molecule has 4 rings (SSSR count). The van der Waals surface area contributed by atoms with Gasteiger partial charge in [-0.3, -0.25) is 18.8 Å². The summed E-state index contributed by atoms with van der Waals surface area (Å²) in [7, 11) is -2.13. The van der Waals surface area contributed by atoms with Gasteiger partial charge in [0, 0.05) is 43.2 Å². The second-order valence-electron chi connectivity index (χ2n) is 7.53. The summed E-state index contributed by atoms with van der Waals surface area (Å²) in [5, 5.41) is 0. The first-order valence-corrected chi connectivity index (χ1v) is 12.2. The van der Waals surface area contributed by atoms with E-state index in [4.69, 9.17) is 14.2 Å². The largest absolute Gasteiger partial charge is 0.485 e. The highest BCUT2D eigenvalue weighted by Gasteiger charge is 2.14. The Hall–Kier alpha value is -3.22. The van der Waals surface area contributed by atoms with E-state index in [1.165, 1.54) is 23.9 Å². The van der Waals surface area contributed by atoms with Crippen molar-refractivity contribution in [2.75, 3.05) is 57.5 Å². The van der Waals surface area contributed by atoms with Crippen LogP contribution in [0.5, 0.6) is 11.6 Å². The van der Waals surface area contributed by atoms with Crippen molar-refractivity contribution in [2.45, 2.75) is 0 Å². The van der Waals surface area contributed by atoms with Crippen LogP contribution in [0.2, 0.25) is 0 Å². The normalized spacial score (nSPS) is 14.8. The van der Waals surface area contributed by atoms with E-state index in [-0.39, 0.29) is 22.9 Å². The molecule has 0 aromatic carbocycles. The van der Waals surface area contributed by atoms with Gasteiger partial charge in [0.15, 0.2) is 0 Å². The van der Waals surface area contributed by atoms with E-state index >= 15 is 0 Å². The quantitative estimate of drug-likeness (QED) is 0.505. The highest BCUT2D eigenvalue weighted by atomic mass is 32.2. The Morgan fingerprint density at radius 3 is 2.67 bits per heavy atom. The van der Waals surface area contributed by atoms with Crippen LogP contribution in [-0.2, 0) is 14.8 Å². The fraction of sp³-hybridized carbons (Fsp3) is 0.381. The number of hydrogen-bond donors (Lipinski definition) is 1. The lowest BCUT2D eigenvalue weighted by Crippen LogP contribution is -2.38. The van der Waals surface area contributed by atoms with Gasteiger partial charge in [-0.05, 0) is 18.2 Å². The summed E-state index contributed by atoms with van der Waals surface area (Å²) in [6.07, 6.45) is 5.63. The highest BCUT2D eigenvalue weighted by molar-refractivity contribution is 7.92. The van der Waals surface area contributed by atoms with E-state index < -0.39 is 10.0 Å². The van der Waals surface area contributed by atoms with Crippen molar-refractivity contribution in [1.29, 1.82) is 0 Å². The predicted molar refractivity (Wildman–Crippen MR) is 122 cm³/mol. The highest BCUT2D eigenvalue weighted by Crippen LogP contribution is 2.28. The van der Waals surface area contributed by atoms with Crippen molar-refractivity contribution in [1.82, 2.24) is 19.3 Å². The molecule has 1 aliphatic rings. The lowest BCUT2D eigenvalue weighted by atomic mass is 10.1. The molecule has 0 atom stereocenters. The molecule has 0 spiro atoms. The number of anilines is 1. The molecule has 12 heteroatoms. The molecular weight excluding hydrogens is 450 g/mol. The lowest BCUT2D eigenvalue weighted by Gasteiger charge is -2.26. The molecule has 1 aliphatic heterocycles. The Morgan fingerprint density at radius 1 is 1.15 bits per heavy atom. The van der Waals surface area contributed by atoms with Crippen LogP contribution >= 0.6 is 0 Å². The van der Waals surface area contributed by atoms with Crippen LogP contribution in [0.1, 0.15) is 0 Å². The second kappa shape index (κ2) is 9.73. The fourth-order valence-corrected chi connectivity index (χ4v) is 4.03. The Kier molecular flexibility index (Phi) is 6.77.